The number of nitrogens with zero attached hydrogens (tertiary/aromatic N) is 3. The summed E-state index contributed by atoms with van der Waals surface area (Å²) in [5.74, 6) is 0. The van der Waals surface area contributed by atoms with Crippen LogP contribution in [0.2, 0.25) is 0 Å². The van der Waals surface area contributed by atoms with Gasteiger partial charge in [0, 0.05) is 38.9 Å². The fourth-order valence-corrected chi connectivity index (χ4v) is 4.22. The zero-order chi connectivity index (χ0) is 19.3. The van der Waals surface area contributed by atoms with E-state index in [-0.39, 0.29) is 9.80 Å². The van der Waals surface area contributed by atoms with Crippen LogP contribution in [0, 0.1) is 18.3 Å². The minimum Gasteiger partial charge on any atom is -0.373 e. The number of rotatable bonds is 5. The van der Waals surface area contributed by atoms with E-state index < -0.39 is 9.84 Å². The molecule has 0 spiro atoms. The normalized spacial score (nSPS) is 16.1. The van der Waals surface area contributed by atoms with Crippen LogP contribution in [0.25, 0.3) is 0 Å². The third-order valence-electron chi connectivity index (χ3n) is 4.69. The number of allylic oxidation sites excluding steroid dienone is 1. The minimum absolute atomic E-state index is 0.156. The standard InChI is InChI=1S/C21H23N3O2S/c1-18-7-9-20(10-8-18)27(25,26)21(15-22)17-24-13-11-23(12-14-24)16-19-5-3-2-4-6-19/h2-10,17H,11-14,16H2,1H3/b21-17-. The van der Waals surface area contributed by atoms with Crippen molar-refractivity contribution in [3.8, 4) is 6.07 Å². The summed E-state index contributed by atoms with van der Waals surface area (Å²) >= 11 is 0. The molecule has 1 fully saturated rings. The van der Waals surface area contributed by atoms with Crippen molar-refractivity contribution < 1.29 is 8.42 Å². The molecule has 0 atom stereocenters. The molecule has 2 aromatic rings. The highest BCUT2D eigenvalue weighted by molar-refractivity contribution is 7.95. The van der Waals surface area contributed by atoms with Crippen LogP contribution in [0.5, 0.6) is 0 Å². The summed E-state index contributed by atoms with van der Waals surface area (Å²) in [6, 6.07) is 18.7. The first-order valence-electron chi connectivity index (χ1n) is 8.93. The molecule has 2 aromatic carbocycles. The molecule has 0 bridgehead atoms. The highest BCUT2D eigenvalue weighted by atomic mass is 32.2. The molecule has 1 heterocycles. The lowest BCUT2D eigenvalue weighted by molar-refractivity contribution is 0.162. The average molecular weight is 382 g/mol. The number of nitriles is 1. The van der Waals surface area contributed by atoms with E-state index in [2.05, 4.69) is 17.0 Å². The van der Waals surface area contributed by atoms with Gasteiger partial charge in [0.15, 0.2) is 4.91 Å². The van der Waals surface area contributed by atoms with Crippen molar-refractivity contribution >= 4 is 9.84 Å². The number of aryl methyl sites for hydroxylation is 1. The van der Waals surface area contributed by atoms with E-state index in [0.717, 1.165) is 25.2 Å². The Labute approximate surface area is 161 Å². The zero-order valence-corrected chi connectivity index (χ0v) is 16.2. The van der Waals surface area contributed by atoms with Crippen LogP contribution in [0.1, 0.15) is 11.1 Å². The number of benzene rings is 2. The van der Waals surface area contributed by atoms with Crippen molar-refractivity contribution in [3.63, 3.8) is 0 Å². The molecule has 0 amide bonds. The molecule has 5 nitrogen and oxygen atoms in total. The molecule has 0 aromatic heterocycles. The van der Waals surface area contributed by atoms with Gasteiger partial charge in [-0.15, -0.1) is 0 Å². The molecule has 1 aliphatic rings. The smallest absolute Gasteiger partial charge is 0.218 e. The van der Waals surface area contributed by atoms with Gasteiger partial charge in [-0.05, 0) is 24.6 Å². The fraction of sp³-hybridized carbons (Fsp3) is 0.286. The Morgan fingerprint density at radius 2 is 1.67 bits per heavy atom. The SMILES string of the molecule is Cc1ccc(S(=O)(=O)/C(C#N)=C\N2CCN(Cc3ccccc3)CC2)cc1. The molecular formula is C21H23N3O2S. The number of sulfone groups is 1. The molecule has 0 aliphatic carbocycles. The van der Waals surface area contributed by atoms with Crippen molar-refractivity contribution in [1.29, 1.82) is 5.26 Å². The number of hydrogen-bond acceptors (Lipinski definition) is 5. The molecule has 0 N–H and O–H groups in total. The molecule has 1 aliphatic heterocycles. The molecule has 0 saturated carbocycles. The van der Waals surface area contributed by atoms with Gasteiger partial charge < -0.3 is 4.90 Å². The van der Waals surface area contributed by atoms with E-state index in [4.69, 9.17) is 0 Å². The molecular weight excluding hydrogens is 358 g/mol. The maximum Gasteiger partial charge on any atom is 0.218 e. The van der Waals surface area contributed by atoms with Gasteiger partial charge in [0.1, 0.15) is 6.07 Å². The third-order valence-corrected chi connectivity index (χ3v) is 6.36. The van der Waals surface area contributed by atoms with Crippen molar-refractivity contribution in [3.05, 3.63) is 76.8 Å². The monoisotopic (exact) mass is 381 g/mol. The van der Waals surface area contributed by atoms with Crippen LogP contribution in [0.4, 0.5) is 0 Å². The van der Waals surface area contributed by atoms with Gasteiger partial charge in [-0.1, -0.05) is 48.0 Å². The highest BCUT2D eigenvalue weighted by Gasteiger charge is 2.23. The van der Waals surface area contributed by atoms with E-state index in [1.54, 1.807) is 24.3 Å². The van der Waals surface area contributed by atoms with Crippen LogP contribution in [-0.4, -0.2) is 44.4 Å². The van der Waals surface area contributed by atoms with E-state index in [1.807, 2.05) is 36.1 Å². The van der Waals surface area contributed by atoms with Gasteiger partial charge >= 0.3 is 0 Å². The maximum absolute atomic E-state index is 12.7. The Morgan fingerprint density at radius 3 is 2.26 bits per heavy atom. The van der Waals surface area contributed by atoms with Crippen molar-refractivity contribution in [2.75, 3.05) is 26.2 Å². The van der Waals surface area contributed by atoms with Gasteiger partial charge in [-0.2, -0.15) is 5.26 Å². The second-order valence-electron chi connectivity index (χ2n) is 6.72. The lowest BCUT2D eigenvalue weighted by atomic mass is 10.2. The lowest BCUT2D eigenvalue weighted by Gasteiger charge is -2.34. The molecule has 27 heavy (non-hydrogen) atoms. The van der Waals surface area contributed by atoms with E-state index >= 15 is 0 Å². The van der Waals surface area contributed by atoms with Crippen LogP contribution in [0.15, 0.2) is 70.6 Å². The quantitative estimate of drug-likeness (QED) is 0.745. The molecule has 3 rings (SSSR count). The van der Waals surface area contributed by atoms with Gasteiger partial charge in [0.05, 0.1) is 4.90 Å². The molecule has 0 unspecified atom stereocenters. The summed E-state index contributed by atoms with van der Waals surface area (Å²) in [4.78, 5) is 4.21. The van der Waals surface area contributed by atoms with E-state index in [0.29, 0.717) is 13.1 Å². The summed E-state index contributed by atoms with van der Waals surface area (Å²) in [7, 11) is -3.78. The molecule has 6 heteroatoms. The summed E-state index contributed by atoms with van der Waals surface area (Å²) in [5, 5.41) is 9.42. The molecule has 140 valence electrons. The predicted octanol–water partition coefficient (Wildman–Crippen LogP) is 2.95. The van der Waals surface area contributed by atoms with Gasteiger partial charge in [-0.3, -0.25) is 4.90 Å². The first kappa shape index (κ1) is 19.2. The molecule has 1 saturated heterocycles. The lowest BCUT2D eigenvalue weighted by Crippen LogP contribution is -2.43. The van der Waals surface area contributed by atoms with Gasteiger partial charge in [-0.25, -0.2) is 8.42 Å². The zero-order valence-electron chi connectivity index (χ0n) is 15.4. The average Bonchev–Trinajstić information content (AvgIpc) is 2.68. The Morgan fingerprint density at radius 1 is 1.04 bits per heavy atom. The first-order chi connectivity index (χ1) is 13.0. The Hall–Kier alpha value is -2.62. The molecule has 0 radical (unpaired) electrons. The summed E-state index contributed by atoms with van der Waals surface area (Å²) in [6.07, 6.45) is 1.50. The van der Waals surface area contributed by atoms with Crippen LogP contribution < -0.4 is 0 Å². The second-order valence-corrected chi connectivity index (χ2v) is 8.64. The van der Waals surface area contributed by atoms with Gasteiger partial charge in [0.25, 0.3) is 0 Å². The van der Waals surface area contributed by atoms with Crippen LogP contribution in [-0.2, 0) is 16.4 Å². The largest absolute Gasteiger partial charge is 0.373 e. The van der Waals surface area contributed by atoms with Crippen molar-refractivity contribution in [2.45, 2.75) is 18.4 Å². The number of piperazine rings is 1. The Kier molecular flexibility index (Phi) is 5.94. The minimum atomic E-state index is -3.78. The van der Waals surface area contributed by atoms with Crippen LogP contribution >= 0.6 is 0 Å². The second kappa shape index (κ2) is 8.38. The van der Waals surface area contributed by atoms with Gasteiger partial charge in [0.2, 0.25) is 9.84 Å². The van der Waals surface area contributed by atoms with Crippen molar-refractivity contribution in [1.82, 2.24) is 9.80 Å². The first-order valence-corrected chi connectivity index (χ1v) is 10.4. The Bertz CT molecular complexity index is 937. The predicted molar refractivity (Wildman–Crippen MR) is 105 cm³/mol. The summed E-state index contributed by atoms with van der Waals surface area (Å²) in [5.41, 5.74) is 2.24. The van der Waals surface area contributed by atoms with Crippen molar-refractivity contribution in [2.24, 2.45) is 0 Å². The van der Waals surface area contributed by atoms with E-state index in [9.17, 15) is 13.7 Å². The topological polar surface area (TPSA) is 64.4 Å². The van der Waals surface area contributed by atoms with Crippen LogP contribution in [0.3, 0.4) is 0 Å². The fourth-order valence-electron chi connectivity index (χ4n) is 3.06. The maximum atomic E-state index is 12.7. The highest BCUT2D eigenvalue weighted by Crippen LogP contribution is 2.20. The third kappa shape index (κ3) is 4.76. The van der Waals surface area contributed by atoms with E-state index in [1.165, 1.54) is 11.8 Å². The summed E-state index contributed by atoms with van der Waals surface area (Å²) in [6.45, 7) is 5.82. The Balaban J connectivity index is 1.67. The number of hydrogen-bond donors (Lipinski definition) is 0. The summed E-state index contributed by atoms with van der Waals surface area (Å²) < 4.78 is 25.5.